The van der Waals surface area contributed by atoms with Crippen LogP contribution >= 0.6 is 11.8 Å². The number of nitrogens with one attached hydrogen (secondary N) is 1. The highest BCUT2D eigenvalue weighted by Gasteiger charge is 2.40. The number of hydrogen-bond donors (Lipinski definition) is 1. The fourth-order valence-electron chi connectivity index (χ4n) is 3.14. The number of amides is 3. The van der Waals surface area contributed by atoms with Gasteiger partial charge in [-0.2, -0.15) is 0 Å². The smallest absolute Gasteiger partial charge is 0.267 e. The Morgan fingerprint density at radius 3 is 2.48 bits per heavy atom. The number of benzene rings is 2. The van der Waals surface area contributed by atoms with Gasteiger partial charge in [-0.3, -0.25) is 14.4 Å². The Hall–Kier alpha value is -3.72. The number of rotatable bonds is 2. The van der Waals surface area contributed by atoms with Gasteiger partial charge in [0.25, 0.3) is 11.8 Å². The lowest BCUT2D eigenvalue weighted by Gasteiger charge is -2.11. The molecule has 9 heteroatoms. The number of anilines is 1. The van der Waals surface area contributed by atoms with Gasteiger partial charge in [0.2, 0.25) is 5.91 Å². The molecule has 1 saturated heterocycles. The first-order valence-corrected chi connectivity index (χ1v) is 9.27. The van der Waals surface area contributed by atoms with Crippen molar-refractivity contribution < 1.29 is 24.3 Å². The summed E-state index contributed by atoms with van der Waals surface area (Å²) in [7, 11) is 0. The summed E-state index contributed by atoms with van der Waals surface area (Å²) in [6, 6.07) is 12.7. The summed E-state index contributed by atoms with van der Waals surface area (Å²) in [5, 5.41) is 13.9. The molecule has 0 spiro atoms. The minimum absolute atomic E-state index is 0.0934. The first-order valence-electron chi connectivity index (χ1n) is 8.45. The molecule has 2 heterocycles. The number of thioether (sulfide) groups is 1. The molecule has 0 saturated carbocycles. The number of imide groups is 1. The maximum atomic E-state index is 12.9. The fourth-order valence-corrected chi connectivity index (χ4v) is 4.06. The van der Waals surface area contributed by atoms with Gasteiger partial charge in [-0.1, -0.05) is 36.4 Å². The molecule has 0 radical (unpaired) electrons. The van der Waals surface area contributed by atoms with E-state index >= 15 is 0 Å². The van der Waals surface area contributed by atoms with Gasteiger partial charge in [0.1, 0.15) is 0 Å². The molecule has 2 aliphatic heterocycles. The number of aromatic carboxylic acids is 1. The molecule has 8 nitrogen and oxygen atoms in total. The van der Waals surface area contributed by atoms with E-state index in [1.54, 1.807) is 30.3 Å². The van der Waals surface area contributed by atoms with Crippen LogP contribution in [-0.2, 0) is 14.4 Å². The number of nitrogens with zero attached hydrogens (tertiary/aromatic N) is 2. The van der Waals surface area contributed by atoms with Crippen molar-refractivity contribution in [2.45, 2.75) is 6.92 Å². The molecule has 4 rings (SSSR count). The van der Waals surface area contributed by atoms with Crippen molar-refractivity contribution in [2.75, 3.05) is 4.90 Å². The van der Waals surface area contributed by atoms with Gasteiger partial charge in [0.05, 0.1) is 27.8 Å². The van der Waals surface area contributed by atoms with Gasteiger partial charge < -0.3 is 15.2 Å². The molecule has 0 aliphatic carbocycles. The second kappa shape index (κ2) is 7.02. The largest absolute Gasteiger partial charge is 0.545 e. The van der Waals surface area contributed by atoms with E-state index in [2.05, 4.69) is 10.3 Å². The number of amidine groups is 1. The summed E-state index contributed by atoms with van der Waals surface area (Å²) in [6.45, 7) is 1.27. The Labute approximate surface area is 168 Å². The second-order valence-corrected chi connectivity index (χ2v) is 7.16. The number of carboxylic acids is 1. The fraction of sp³-hybridized carbons (Fsp3) is 0.0500. The van der Waals surface area contributed by atoms with Crippen molar-refractivity contribution in [1.82, 2.24) is 5.32 Å². The molecule has 144 valence electrons. The molecule has 3 amide bonds. The van der Waals surface area contributed by atoms with E-state index in [9.17, 15) is 24.3 Å². The number of hydrogen-bond acceptors (Lipinski definition) is 7. The highest BCUT2D eigenvalue weighted by molar-refractivity contribution is 8.18. The number of carboxylic acid groups (broad SMARTS) is 1. The van der Waals surface area contributed by atoms with Gasteiger partial charge in [-0.05, 0) is 23.9 Å². The van der Waals surface area contributed by atoms with Crippen LogP contribution in [0.15, 0.2) is 58.4 Å². The average molecular weight is 406 g/mol. The minimum Gasteiger partial charge on any atom is -0.545 e. The molecular formula is C20H12N3O5S-. The lowest BCUT2D eigenvalue weighted by atomic mass is 10.1. The third-order valence-electron chi connectivity index (χ3n) is 4.34. The van der Waals surface area contributed by atoms with E-state index in [1.165, 1.54) is 25.1 Å². The van der Waals surface area contributed by atoms with Gasteiger partial charge in [-0.15, -0.1) is 0 Å². The maximum Gasteiger partial charge on any atom is 0.267 e. The monoisotopic (exact) mass is 406 g/mol. The van der Waals surface area contributed by atoms with Crippen LogP contribution in [0.25, 0.3) is 5.57 Å². The van der Waals surface area contributed by atoms with Gasteiger partial charge >= 0.3 is 0 Å². The molecule has 0 atom stereocenters. The Bertz CT molecular complexity index is 1170. The van der Waals surface area contributed by atoms with Crippen molar-refractivity contribution in [2.24, 2.45) is 4.99 Å². The number of carbonyl (C=O) groups excluding carboxylic acids is 4. The first kappa shape index (κ1) is 18.6. The summed E-state index contributed by atoms with van der Waals surface area (Å²) < 4.78 is 0. The Balaban J connectivity index is 1.79. The van der Waals surface area contributed by atoms with Crippen LogP contribution in [0.3, 0.4) is 0 Å². The molecular weight excluding hydrogens is 394 g/mol. The van der Waals surface area contributed by atoms with E-state index in [0.717, 1.165) is 16.7 Å². The van der Waals surface area contributed by atoms with Crippen LogP contribution in [0, 0.1) is 0 Å². The summed E-state index contributed by atoms with van der Waals surface area (Å²) in [6.07, 6.45) is 0. The van der Waals surface area contributed by atoms with Crippen LogP contribution in [0.4, 0.5) is 11.4 Å². The number of fused-ring (bicyclic) bond motifs is 1. The van der Waals surface area contributed by atoms with E-state index in [4.69, 9.17) is 0 Å². The number of aliphatic imine (C=N–C) groups is 1. The lowest BCUT2D eigenvalue weighted by Crippen LogP contribution is -2.31. The average Bonchev–Trinajstić information content (AvgIpc) is 3.17. The van der Waals surface area contributed by atoms with Crippen molar-refractivity contribution in [3.63, 3.8) is 0 Å². The minimum atomic E-state index is -1.39. The number of carbonyl (C=O) groups is 4. The highest BCUT2D eigenvalue weighted by Crippen LogP contribution is 2.42. The van der Waals surface area contributed by atoms with Gasteiger partial charge in [-0.25, -0.2) is 9.89 Å². The molecule has 2 aromatic rings. The Morgan fingerprint density at radius 1 is 1.07 bits per heavy atom. The van der Waals surface area contributed by atoms with Crippen LogP contribution in [-0.4, -0.2) is 28.9 Å². The molecule has 0 bridgehead atoms. The van der Waals surface area contributed by atoms with Crippen molar-refractivity contribution in [1.29, 1.82) is 0 Å². The van der Waals surface area contributed by atoms with E-state index < -0.39 is 23.7 Å². The summed E-state index contributed by atoms with van der Waals surface area (Å²) in [5.41, 5.74) is 0.984. The zero-order valence-corrected chi connectivity index (χ0v) is 15.8. The molecule has 1 fully saturated rings. The molecule has 2 aromatic carbocycles. The predicted octanol–water partition coefficient (Wildman–Crippen LogP) is 1.20. The zero-order chi connectivity index (χ0) is 20.7. The summed E-state index contributed by atoms with van der Waals surface area (Å²) >= 11 is 0.909. The lowest BCUT2D eigenvalue weighted by molar-refractivity contribution is -0.254. The molecule has 1 N–H and O–H groups in total. The first-order chi connectivity index (χ1) is 13.9. The predicted molar refractivity (Wildman–Crippen MR) is 105 cm³/mol. The van der Waals surface area contributed by atoms with E-state index in [-0.39, 0.29) is 26.9 Å². The Kier molecular flexibility index (Phi) is 4.51. The van der Waals surface area contributed by atoms with Crippen molar-refractivity contribution >= 4 is 57.6 Å². The molecule has 2 aliphatic rings. The van der Waals surface area contributed by atoms with Crippen LogP contribution in [0.5, 0.6) is 0 Å². The second-order valence-electron chi connectivity index (χ2n) is 6.16. The summed E-state index contributed by atoms with van der Waals surface area (Å²) in [5.74, 6) is -3.00. The van der Waals surface area contributed by atoms with Crippen LogP contribution in [0.2, 0.25) is 0 Å². The van der Waals surface area contributed by atoms with Crippen molar-refractivity contribution in [3.05, 3.63) is 64.6 Å². The third kappa shape index (κ3) is 3.11. The maximum absolute atomic E-state index is 12.9. The normalized spacial score (nSPS) is 19.5. The van der Waals surface area contributed by atoms with E-state index in [1.807, 2.05) is 0 Å². The highest BCUT2D eigenvalue weighted by atomic mass is 32.2. The van der Waals surface area contributed by atoms with Crippen LogP contribution in [0.1, 0.15) is 22.8 Å². The molecule has 0 unspecified atom stereocenters. The van der Waals surface area contributed by atoms with E-state index in [0.29, 0.717) is 11.3 Å². The van der Waals surface area contributed by atoms with Crippen LogP contribution < -0.4 is 15.3 Å². The van der Waals surface area contributed by atoms with Gasteiger partial charge in [0, 0.05) is 18.1 Å². The SMILES string of the molecule is CC(=O)N1C(=O)/C(=C2\SC(=Nc3ccccc3C(=O)[O-])NC2=O)c2ccccc21. The van der Waals surface area contributed by atoms with Crippen molar-refractivity contribution in [3.8, 4) is 0 Å². The van der Waals surface area contributed by atoms with Gasteiger partial charge in [0.15, 0.2) is 5.17 Å². The quantitative estimate of drug-likeness (QED) is 0.749. The summed E-state index contributed by atoms with van der Waals surface area (Å²) in [4.78, 5) is 53.9. The standard InChI is InChI=1S/C20H13N3O5S/c1-10(24)23-14-9-5-3-7-12(14)15(18(23)26)16-17(25)22-20(29-16)21-13-8-4-2-6-11(13)19(27)28/h2-9H,1H3,(H,27,28)(H,21,22,25)/p-1/b16-15-. The molecule has 29 heavy (non-hydrogen) atoms. The zero-order valence-electron chi connectivity index (χ0n) is 15.0. The molecule has 0 aromatic heterocycles. The third-order valence-corrected chi connectivity index (χ3v) is 5.32. The Morgan fingerprint density at radius 2 is 1.76 bits per heavy atom. The topological polar surface area (TPSA) is 119 Å². The number of para-hydroxylation sites is 2.